The summed E-state index contributed by atoms with van der Waals surface area (Å²) >= 11 is 0. The van der Waals surface area contributed by atoms with Gasteiger partial charge in [-0.2, -0.15) is 0 Å². The van der Waals surface area contributed by atoms with E-state index in [-0.39, 0.29) is 5.41 Å². The van der Waals surface area contributed by atoms with Crippen LogP contribution in [0.5, 0.6) is 0 Å². The third-order valence-electron chi connectivity index (χ3n) is 9.78. The first kappa shape index (κ1) is 29.8. The quantitative estimate of drug-likeness (QED) is 0.208. The number of aryl methyl sites for hydroxylation is 1. The van der Waals surface area contributed by atoms with Crippen molar-refractivity contribution in [2.24, 2.45) is 0 Å². The minimum Gasteiger partial charge on any atom is -0.323 e. The van der Waals surface area contributed by atoms with Gasteiger partial charge < -0.3 is 14.5 Å². The molecule has 0 saturated carbocycles. The SMILES string of the molecule is CCC(C)(C)c1ccc2c(c1)c1ccccc1n2-c1ccc(-c2ccc(-n3c4c(c5ccccc53)CCC=C4)cc2)cc1.CNC. The fourth-order valence-corrected chi connectivity index (χ4v) is 6.95. The van der Waals surface area contributed by atoms with E-state index in [4.69, 9.17) is 0 Å². The molecule has 5 aromatic carbocycles. The Morgan fingerprint density at radius 2 is 1.17 bits per heavy atom. The number of nitrogens with zero attached hydrogens (tertiary/aromatic N) is 2. The highest BCUT2D eigenvalue weighted by Gasteiger charge is 2.21. The van der Waals surface area contributed by atoms with Crippen LogP contribution in [0, 0.1) is 0 Å². The van der Waals surface area contributed by atoms with Crippen molar-refractivity contribution in [3.05, 3.63) is 138 Å². The van der Waals surface area contributed by atoms with Gasteiger partial charge in [0.2, 0.25) is 0 Å². The molecular formula is C43H43N3. The summed E-state index contributed by atoms with van der Waals surface area (Å²) in [4.78, 5) is 0. The molecule has 0 radical (unpaired) electrons. The van der Waals surface area contributed by atoms with Crippen LogP contribution in [0.3, 0.4) is 0 Å². The number of fused-ring (bicyclic) bond motifs is 6. The molecule has 0 spiro atoms. The van der Waals surface area contributed by atoms with E-state index in [0.717, 1.165) is 19.3 Å². The molecule has 0 fully saturated rings. The van der Waals surface area contributed by atoms with E-state index >= 15 is 0 Å². The van der Waals surface area contributed by atoms with Crippen molar-refractivity contribution < 1.29 is 0 Å². The van der Waals surface area contributed by atoms with Crippen LogP contribution in [0.2, 0.25) is 0 Å². The van der Waals surface area contributed by atoms with Gasteiger partial charge in [0, 0.05) is 33.2 Å². The topological polar surface area (TPSA) is 21.9 Å². The van der Waals surface area contributed by atoms with Gasteiger partial charge in [0.05, 0.1) is 16.6 Å². The maximum atomic E-state index is 2.75. The number of hydrogen-bond donors (Lipinski definition) is 1. The number of nitrogens with one attached hydrogen (secondary N) is 1. The van der Waals surface area contributed by atoms with Gasteiger partial charge in [0.25, 0.3) is 0 Å². The molecule has 1 N–H and O–H groups in total. The molecule has 0 amide bonds. The Balaban J connectivity index is 0.00000109. The van der Waals surface area contributed by atoms with E-state index < -0.39 is 0 Å². The fraction of sp³-hybridized carbons (Fsp3) is 0.209. The summed E-state index contributed by atoms with van der Waals surface area (Å²) in [6.07, 6.45) is 7.93. The van der Waals surface area contributed by atoms with Crippen molar-refractivity contribution >= 4 is 38.8 Å². The molecule has 7 aromatic rings. The Labute approximate surface area is 272 Å². The van der Waals surface area contributed by atoms with Gasteiger partial charge in [0.1, 0.15) is 0 Å². The second-order valence-electron chi connectivity index (χ2n) is 13.1. The Hall–Kier alpha value is -4.86. The van der Waals surface area contributed by atoms with Crippen LogP contribution in [-0.2, 0) is 11.8 Å². The molecule has 230 valence electrons. The van der Waals surface area contributed by atoms with Gasteiger partial charge >= 0.3 is 0 Å². The average molecular weight is 602 g/mol. The molecule has 0 aliphatic heterocycles. The molecule has 8 rings (SSSR count). The third kappa shape index (κ3) is 5.05. The standard InChI is InChI=1S/C41H36N2.C2H7N/c1-4-41(2,3)30-21-26-40-36(27-30)35-13-7-10-16-39(35)43(40)32-24-19-29(20-25-32)28-17-22-31(23-18-28)42-37-14-8-5-11-33(37)34-12-6-9-15-38(34)42;1-3-2/h5,7-11,13-27H,4,6,12H2,1-3H3;3H,1-2H3. The summed E-state index contributed by atoms with van der Waals surface area (Å²) in [5.41, 5.74) is 13.0. The van der Waals surface area contributed by atoms with Crippen LogP contribution in [0.15, 0.2) is 121 Å². The van der Waals surface area contributed by atoms with Gasteiger partial charge in [-0.1, -0.05) is 93.6 Å². The number of allylic oxidation sites excluding steroid dienone is 1. The largest absolute Gasteiger partial charge is 0.323 e. The summed E-state index contributed by atoms with van der Waals surface area (Å²) in [7, 11) is 3.75. The highest BCUT2D eigenvalue weighted by molar-refractivity contribution is 6.09. The van der Waals surface area contributed by atoms with Gasteiger partial charge in [-0.15, -0.1) is 0 Å². The number of hydrogen-bond acceptors (Lipinski definition) is 1. The first-order valence-electron chi connectivity index (χ1n) is 16.6. The third-order valence-corrected chi connectivity index (χ3v) is 9.78. The van der Waals surface area contributed by atoms with Crippen LogP contribution in [0.25, 0.3) is 61.3 Å². The molecule has 0 bridgehead atoms. The summed E-state index contributed by atoms with van der Waals surface area (Å²) in [6, 6.07) is 42.7. The van der Waals surface area contributed by atoms with Crippen molar-refractivity contribution in [2.45, 2.75) is 45.4 Å². The van der Waals surface area contributed by atoms with Crippen LogP contribution in [0.1, 0.15) is 50.4 Å². The zero-order chi connectivity index (χ0) is 31.8. The zero-order valence-electron chi connectivity index (χ0n) is 27.6. The molecule has 2 aromatic heterocycles. The van der Waals surface area contributed by atoms with Crippen molar-refractivity contribution in [1.29, 1.82) is 0 Å². The minimum atomic E-state index is 0.152. The molecule has 0 unspecified atom stereocenters. The van der Waals surface area contributed by atoms with E-state index in [1.807, 2.05) is 14.1 Å². The first-order valence-corrected chi connectivity index (χ1v) is 16.6. The molecule has 3 nitrogen and oxygen atoms in total. The van der Waals surface area contributed by atoms with Crippen LogP contribution in [-0.4, -0.2) is 23.2 Å². The molecule has 46 heavy (non-hydrogen) atoms. The van der Waals surface area contributed by atoms with Gasteiger partial charge in [0.15, 0.2) is 0 Å². The second kappa shape index (κ2) is 12.2. The predicted molar refractivity (Wildman–Crippen MR) is 199 cm³/mol. The highest BCUT2D eigenvalue weighted by atomic mass is 15.0. The fourth-order valence-electron chi connectivity index (χ4n) is 6.95. The second-order valence-corrected chi connectivity index (χ2v) is 13.1. The summed E-state index contributed by atoms with van der Waals surface area (Å²) in [5, 5.41) is 6.75. The first-order chi connectivity index (χ1) is 22.4. The zero-order valence-corrected chi connectivity index (χ0v) is 27.6. The Morgan fingerprint density at radius 1 is 0.630 bits per heavy atom. The lowest BCUT2D eigenvalue weighted by molar-refractivity contribution is 0.507. The van der Waals surface area contributed by atoms with Crippen molar-refractivity contribution in [3.63, 3.8) is 0 Å². The molecule has 0 atom stereocenters. The monoisotopic (exact) mass is 601 g/mol. The lowest BCUT2D eigenvalue weighted by Crippen LogP contribution is -2.15. The Kier molecular flexibility index (Phi) is 7.88. The number of rotatable bonds is 5. The lowest BCUT2D eigenvalue weighted by atomic mass is 9.82. The maximum Gasteiger partial charge on any atom is 0.0541 e. The predicted octanol–water partition coefficient (Wildman–Crippen LogP) is 10.9. The van der Waals surface area contributed by atoms with E-state index in [1.165, 1.54) is 72.0 Å². The van der Waals surface area contributed by atoms with Crippen LogP contribution < -0.4 is 5.32 Å². The summed E-state index contributed by atoms with van der Waals surface area (Å²) < 4.78 is 4.83. The van der Waals surface area contributed by atoms with Gasteiger partial charge in [-0.3, -0.25) is 0 Å². The number of benzene rings is 5. The van der Waals surface area contributed by atoms with Crippen LogP contribution >= 0.6 is 0 Å². The van der Waals surface area contributed by atoms with E-state index in [2.05, 4.69) is 163 Å². The van der Waals surface area contributed by atoms with Crippen molar-refractivity contribution in [3.8, 4) is 22.5 Å². The van der Waals surface area contributed by atoms with Gasteiger partial charge in [-0.25, -0.2) is 0 Å². The molecule has 0 saturated heterocycles. The number of para-hydroxylation sites is 2. The van der Waals surface area contributed by atoms with Crippen molar-refractivity contribution in [1.82, 2.24) is 14.5 Å². The van der Waals surface area contributed by atoms with Crippen molar-refractivity contribution in [2.75, 3.05) is 14.1 Å². The Morgan fingerprint density at radius 3 is 1.80 bits per heavy atom. The maximum absolute atomic E-state index is 2.75. The summed E-state index contributed by atoms with van der Waals surface area (Å²) in [5.74, 6) is 0. The van der Waals surface area contributed by atoms with E-state index in [1.54, 1.807) is 0 Å². The average Bonchev–Trinajstić information content (AvgIpc) is 3.62. The molecule has 2 heterocycles. The smallest absolute Gasteiger partial charge is 0.0541 e. The number of aromatic nitrogens is 2. The molecule has 1 aliphatic rings. The highest BCUT2D eigenvalue weighted by Crippen LogP contribution is 2.37. The molecular weight excluding hydrogens is 558 g/mol. The molecule has 1 aliphatic carbocycles. The normalized spacial score (nSPS) is 12.8. The van der Waals surface area contributed by atoms with Crippen LogP contribution in [0.4, 0.5) is 0 Å². The molecule has 3 heteroatoms. The van der Waals surface area contributed by atoms with Gasteiger partial charge in [-0.05, 0) is 116 Å². The minimum absolute atomic E-state index is 0.152. The van der Waals surface area contributed by atoms with E-state index in [0.29, 0.717) is 0 Å². The lowest BCUT2D eigenvalue weighted by Gasteiger charge is -2.23. The summed E-state index contributed by atoms with van der Waals surface area (Å²) in [6.45, 7) is 6.95. The van der Waals surface area contributed by atoms with E-state index in [9.17, 15) is 0 Å². The Bertz CT molecular complexity index is 2190.